The molecule has 286 valence electrons. The molecule has 11 aromatic carbocycles. The molecule has 0 N–H and O–H groups in total. The van der Waals surface area contributed by atoms with Crippen molar-refractivity contribution in [1.82, 2.24) is 0 Å². The minimum absolute atomic E-state index is 1.09. The fraction of sp³-hybridized carbons (Fsp3) is 0. The van der Waals surface area contributed by atoms with E-state index in [4.69, 9.17) is 0 Å². The van der Waals surface area contributed by atoms with E-state index in [1.807, 2.05) is 0 Å². The molecule has 0 atom stereocenters. The third-order valence-corrected chi connectivity index (χ3v) is 12.0. The summed E-state index contributed by atoms with van der Waals surface area (Å²) in [5.74, 6) is 0. The van der Waals surface area contributed by atoms with E-state index in [0.717, 1.165) is 17.1 Å². The van der Waals surface area contributed by atoms with Crippen LogP contribution in [0.25, 0.3) is 88.0 Å². The monoisotopic (exact) mass is 775 g/mol. The lowest BCUT2D eigenvalue weighted by Crippen LogP contribution is -2.10. The summed E-state index contributed by atoms with van der Waals surface area (Å²) in [7, 11) is 0. The summed E-state index contributed by atoms with van der Waals surface area (Å²) < 4.78 is 0. The smallest absolute Gasteiger partial charge is 0.0468 e. The highest BCUT2D eigenvalue weighted by atomic mass is 15.1. The Hall–Kier alpha value is -8.00. The van der Waals surface area contributed by atoms with Crippen molar-refractivity contribution in [3.63, 3.8) is 0 Å². The highest BCUT2D eigenvalue weighted by molar-refractivity contribution is 6.24. The fourth-order valence-electron chi connectivity index (χ4n) is 9.08. The zero-order chi connectivity index (χ0) is 40.5. The first-order valence-electron chi connectivity index (χ1n) is 21.0. The van der Waals surface area contributed by atoms with Crippen LogP contribution in [0.5, 0.6) is 0 Å². The van der Waals surface area contributed by atoms with Gasteiger partial charge in [-0.25, -0.2) is 0 Å². The molecule has 0 saturated carbocycles. The van der Waals surface area contributed by atoms with Crippen LogP contribution in [0.1, 0.15) is 0 Å². The van der Waals surface area contributed by atoms with Crippen molar-refractivity contribution in [3.8, 4) is 55.6 Å². The Morgan fingerprint density at radius 1 is 0.213 bits per heavy atom. The summed E-state index contributed by atoms with van der Waals surface area (Å²) in [4.78, 5) is 2.36. The summed E-state index contributed by atoms with van der Waals surface area (Å²) in [6.07, 6.45) is 0. The van der Waals surface area contributed by atoms with E-state index in [9.17, 15) is 0 Å². The zero-order valence-electron chi connectivity index (χ0n) is 33.6. The van der Waals surface area contributed by atoms with Crippen LogP contribution >= 0.6 is 0 Å². The van der Waals surface area contributed by atoms with Crippen molar-refractivity contribution in [3.05, 3.63) is 249 Å². The number of rotatable bonds is 8. The summed E-state index contributed by atoms with van der Waals surface area (Å²) in [6, 6.07) is 90.4. The Balaban J connectivity index is 1.03. The van der Waals surface area contributed by atoms with Crippen LogP contribution in [0.15, 0.2) is 249 Å². The summed E-state index contributed by atoms with van der Waals surface area (Å²) in [5.41, 5.74) is 15.3. The van der Waals surface area contributed by atoms with Crippen molar-refractivity contribution in [2.24, 2.45) is 0 Å². The topological polar surface area (TPSA) is 3.24 Å². The van der Waals surface area contributed by atoms with Gasteiger partial charge in [0.15, 0.2) is 0 Å². The normalized spacial score (nSPS) is 11.3. The first-order chi connectivity index (χ1) is 30.2. The third-order valence-electron chi connectivity index (χ3n) is 12.0. The Morgan fingerprint density at radius 3 is 1.41 bits per heavy atom. The molecule has 11 rings (SSSR count). The molecule has 0 unspecified atom stereocenters. The van der Waals surface area contributed by atoms with Gasteiger partial charge in [-0.2, -0.15) is 0 Å². The maximum atomic E-state index is 2.38. The molecular weight excluding hydrogens is 735 g/mol. The van der Waals surface area contributed by atoms with Gasteiger partial charge < -0.3 is 4.90 Å². The molecule has 1 nitrogen and oxygen atoms in total. The van der Waals surface area contributed by atoms with Crippen molar-refractivity contribution < 1.29 is 0 Å². The van der Waals surface area contributed by atoms with E-state index in [1.54, 1.807) is 0 Å². The first kappa shape index (κ1) is 36.1. The predicted molar refractivity (Wildman–Crippen MR) is 261 cm³/mol. The maximum Gasteiger partial charge on any atom is 0.0468 e. The molecule has 1 heteroatoms. The number of nitrogens with zero attached hydrogens (tertiary/aromatic N) is 1. The molecule has 0 aromatic heterocycles. The van der Waals surface area contributed by atoms with Gasteiger partial charge in [-0.3, -0.25) is 0 Å². The molecule has 0 spiro atoms. The van der Waals surface area contributed by atoms with Gasteiger partial charge in [-0.1, -0.05) is 194 Å². The average molecular weight is 776 g/mol. The molecule has 0 amide bonds. The minimum Gasteiger partial charge on any atom is -0.310 e. The van der Waals surface area contributed by atoms with Crippen LogP contribution in [0.4, 0.5) is 17.1 Å². The van der Waals surface area contributed by atoms with Gasteiger partial charge >= 0.3 is 0 Å². The standard InChI is InChI=1S/C60H41N/c1-4-16-42(17-5-1)46-22-14-23-47(38-46)43-30-33-52(34-31-43)61(51-26-8-3-9-27-51)53-35-37-54(59(41-53)44-18-6-2-7-19-44)48-24-15-25-49(39-48)58-40-50-21-11-13-29-56(50)60-55-28-12-10-20-45(55)32-36-57(58)60/h1-41H. The fourth-order valence-corrected chi connectivity index (χ4v) is 9.08. The molecule has 0 saturated heterocycles. The quantitative estimate of drug-likeness (QED) is 0.139. The Kier molecular flexibility index (Phi) is 9.26. The molecule has 11 aromatic rings. The molecule has 0 aliphatic rings. The number of anilines is 3. The zero-order valence-corrected chi connectivity index (χ0v) is 33.6. The van der Waals surface area contributed by atoms with E-state index >= 15 is 0 Å². The lowest BCUT2D eigenvalue weighted by molar-refractivity contribution is 1.28. The van der Waals surface area contributed by atoms with Crippen LogP contribution in [-0.4, -0.2) is 0 Å². The van der Waals surface area contributed by atoms with E-state index in [-0.39, 0.29) is 0 Å². The van der Waals surface area contributed by atoms with Gasteiger partial charge in [0.2, 0.25) is 0 Å². The second-order valence-electron chi connectivity index (χ2n) is 15.7. The van der Waals surface area contributed by atoms with E-state index < -0.39 is 0 Å². The number of hydrogen-bond acceptors (Lipinski definition) is 1. The van der Waals surface area contributed by atoms with Crippen LogP contribution in [0.3, 0.4) is 0 Å². The second kappa shape index (κ2) is 15.6. The van der Waals surface area contributed by atoms with Gasteiger partial charge in [0.25, 0.3) is 0 Å². The molecular formula is C60H41N. The maximum absolute atomic E-state index is 2.38. The average Bonchev–Trinajstić information content (AvgIpc) is 3.35. The predicted octanol–water partition coefficient (Wildman–Crippen LogP) is 17.0. The third kappa shape index (κ3) is 6.83. The highest BCUT2D eigenvalue weighted by Crippen LogP contribution is 2.44. The van der Waals surface area contributed by atoms with E-state index in [1.165, 1.54) is 88.0 Å². The van der Waals surface area contributed by atoms with Crippen molar-refractivity contribution >= 4 is 49.4 Å². The molecule has 0 heterocycles. The summed E-state index contributed by atoms with van der Waals surface area (Å²) >= 11 is 0. The lowest BCUT2D eigenvalue weighted by atomic mass is 9.88. The van der Waals surface area contributed by atoms with Gasteiger partial charge in [0.1, 0.15) is 0 Å². The van der Waals surface area contributed by atoms with E-state index in [2.05, 4.69) is 254 Å². The number of hydrogen-bond donors (Lipinski definition) is 0. The van der Waals surface area contributed by atoms with Crippen molar-refractivity contribution in [2.75, 3.05) is 4.90 Å². The Morgan fingerprint density at radius 2 is 0.705 bits per heavy atom. The molecule has 0 radical (unpaired) electrons. The molecule has 0 bridgehead atoms. The summed E-state index contributed by atoms with van der Waals surface area (Å²) in [6.45, 7) is 0. The molecule has 0 aliphatic heterocycles. The van der Waals surface area contributed by atoms with Gasteiger partial charge in [0, 0.05) is 17.1 Å². The van der Waals surface area contributed by atoms with Gasteiger partial charge in [0.05, 0.1) is 0 Å². The number of benzene rings is 11. The second-order valence-corrected chi connectivity index (χ2v) is 15.7. The van der Waals surface area contributed by atoms with Gasteiger partial charge in [-0.15, -0.1) is 0 Å². The summed E-state index contributed by atoms with van der Waals surface area (Å²) in [5, 5.41) is 7.64. The van der Waals surface area contributed by atoms with Crippen molar-refractivity contribution in [2.45, 2.75) is 0 Å². The van der Waals surface area contributed by atoms with Crippen LogP contribution in [0.2, 0.25) is 0 Å². The van der Waals surface area contributed by atoms with Crippen LogP contribution < -0.4 is 4.90 Å². The van der Waals surface area contributed by atoms with Crippen molar-refractivity contribution in [1.29, 1.82) is 0 Å². The Labute approximate surface area is 357 Å². The SMILES string of the molecule is c1ccc(-c2cccc(-c3ccc(N(c4ccccc4)c4ccc(-c5cccc(-c6cc7ccccc7c7c6ccc6ccccc67)c5)c(-c5ccccc5)c4)cc3)c2)cc1. The highest BCUT2D eigenvalue weighted by Gasteiger charge is 2.18. The number of para-hydroxylation sites is 1. The van der Waals surface area contributed by atoms with Crippen LogP contribution in [0, 0.1) is 0 Å². The van der Waals surface area contributed by atoms with Crippen LogP contribution in [-0.2, 0) is 0 Å². The first-order valence-corrected chi connectivity index (χ1v) is 21.0. The minimum atomic E-state index is 1.09. The van der Waals surface area contributed by atoms with E-state index in [0.29, 0.717) is 0 Å². The Bertz CT molecular complexity index is 3320. The van der Waals surface area contributed by atoms with Gasteiger partial charge in [-0.05, 0) is 143 Å². The lowest BCUT2D eigenvalue weighted by Gasteiger charge is -2.27. The number of fused-ring (bicyclic) bond motifs is 5. The molecule has 0 fully saturated rings. The molecule has 0 aliphatic carbocycles. The largest absolute Gasteiger partial charge is 0.310 e. The molecule has 61 heavy (non-hydrogen) atoms.